The van der Waals surface area contributed by atoms with Gasteiger partial charge in [0.2, 0.25) is 0 Å². The maximum absolute atomic E-state index is 11.0. The zero-order valence-corrected chi connectivity index (χ0v) is 8.20. The number of carbonyl (C=O) groups is 2. The van der Waals surface area contributed by atoms with Crippen LogP contribution in [0.3, 0.4) is 0 Å². The summed E-state index contributed by atoms with van der Waals surface area (Å²) in [6, 6.07) is 0. The summed E-state index contributed by atoms with van der Waals surface area (Å²) < 4.78 is 13.7. The molecule has 0 amide bonds. The Hall–Kier alpha value is -0.940. The van der Waals surface area contributed by atoms with Crippen molar-refractivity contribution in [3.8, 4) is 0 Å². The molecule has 0 fully saturated rings. The first-order valence-corrected chi connectivity index (χ1v) is 3.84. The highest BCUT2D eigenvalue weighted by Crippen LogP contribution is 1.97. The summed E-state index contributed by atoms with van der Waals surface area (Å²) in [6.45, 7) is 2.99. The van der Waals surface area contributed by atoms with Gasteiger partial charge in [-0.3, -0.25) is 0 Å². The van der Waals surface area contributed by atoms with Crippen molar-refractivity contribution in [2.45, 2.75) is 26.1 Å². The van der Waals surface area contributed by atoms with Gasteiger partial charge < -0.3 is 14.2 Å². The molecule has 0 spiro atoms. The van der Waals surface area contributed by atoms with Crippen molar-refractivity contribution in [1.82, 2.24) is 0 Å². The Morgan fingerprint density at radius 2 is 1.23 bits per heavy atom. The molecule has 0 aliphatic rings. The third-order valence-electron chi connectivity index (χ3n) is 1.57. The summed E-state index contributed by atoms with van der Waals surface area (Å²) in [7, 11) is 2.71. The molecule has 5 nitrogen and oxygen atoms in total. The first-order valence-electron chi connectivity index (χ1n) is 3.84. The van der Waals surface area contributed by atoms with Crippen molar-refractivity contribution >= 4 is 11.9 Å². The Morgan fingerprint density at radius 1 is 0.923 bits per heavy atom. The van der Waals surface area contributed by atoms with E-state index in [0.717, 1.165) is 0 Å². The lowest BCUT2D eigenvalue weighted by Gasteiger charge is -2.10. The minimum Gasteiger partial charge on any atom is -0.389 e. The lowest BCUT2D eigenvalue weighted by atomic mass is 10.4. The highest BCUT2D eigenvalue weighted by molar-refractivity contribution is 5.89. The average Bonchev–Trinajstić information content (AvgIpc) is 2.14. The quantitative estimate of drug-likeness (QED) is 0.465. The first kappa shape index (κ1) is 12.1. The Balaban J connectivity index is 3.99. The molecular weight excluding hydrogens is 176 g/mol. The fourth-order valence-corrected chi connectivity index (χ4v) is 0.458. The maximum atomic E-state index is 11.0. The summed E-state index contributed by atoms with van der Waals surface area (Å²) >= 11 is 0. The molecule has 0 heterocycles. The van der Waals surface area contributed by atoms with Crippen molar-refractivity contribution in [3.63, 3.8) is 0 Å². The molecule has 0 unspecified atom stereocenters. The fraction of sp³-hybridized carbons (Fsp3) is 0.750. The van der Waals surface area contributed by atoms with Crippen LogP contribution in [-0.2, 0) is 23.8 Å². The van der Waals surface area contributed by atoms with Crippen LogP contribution < -0.4 is 0 Å². The van der Waals surface area contributed by atoms with Gasteiger partial charge in [-0.1, -0.05) is 0 Å². The Morgan fingerprint density at radius 3 is 1.46 bits per heavy atom. The summed E-state index contributed by atoms with van der Waals surface area (Å²) in [5, 5.41) is 0. The number of esters is 2. The zero-order valence-electron chi connectivity index (χ0n) is 8.20. The summed E-state index contributed by atoms with van der Waals surface area (Å²) in [5.74, 6) is -1.42. The van der Waals surface area contributed by atoms with Crippen molar-refractivity contribution < 1.29 is 23.8 Å². The predicted octanol–water partition coefficient (Wildman–Crippen LogP) is 0.126. The van der Waals surface area contributed by atoms with Crippen molar-refractivity contribution in [1.29, 1.82) is 0 Å². The van der Waals surface area contributed by atoms with Gasteiger partial charge in [0.05, 0.1) is 0 Å². The van der Waals surface area contributed by atoms with Gasteiger partial charge in [-0.2, -0.15) is 0 Å². The Labute approximate surface area is 77.0 Å². The molecule has 0 aromatic carbocycles. The van der Waals surface area contributed by atoms with Crippen LogP contribution in [0.25, 0.3) is 0 Å². The van der Waals surface area contributed by atoms with Gasteiger partial charge in [0.15, 0.2) is 12.2 Å². The molecule has 0 bridgehead atoms. The van der Waals surface area contributed by atoms with E-state index in [1.807, 2.05) is 0 Å². The van der Waals surface area contributed by atoms with E-state index in [2.05, 4.69) is 14.2 Å². The number of rotatable bonds is 4. The SMILES string of the molecule is CO[C@H](C)C(=O)OC(=O)[C@@H](C)OC. The van der Waals surface area contributed by atoms with E-state index in [1.54, 1.807) is 0 Å². The monoisotopic (exact) mass is 190 g/mol. The molecule has 0 radical (unpaired) electrons. The molecule has 0 saturated heterocycles. The molecule has 0 saturated carbocycles. The summed E-state index contributed by atoms with van der Waals surface area (Å²) in [4.78, 5) is 22.0. The van der Waals surface area contributed by atoms with Crippen LogP contribution in [0, 0.1) is 0 Å². The van der Waals surface area contributed by atoms with Crippen LogP contribution in [0.5, 0.6) is 0 Å². The third kappa shape index (κ3) is 4.00. The lowest BCUT2D eigenvalue weighted by Crippen LogP contribution is -2.30. The van der Waals surface area contributed by atoms with Crippen molar-refractivity contribution in [2.75, 3.05) is 14.2 Å². The van der Waals surface area contributed by atoms with Gasteiger partial charge in [-0.25, -0.2) is 9.59 Å². The molecule has 5 heteroatoms. The van der Waals surface area contributed by atoms with Gasteiger partial charge in [-0.05, 0) is 13.8 Å². The predicted molar refractivity (Wildman–Crippen MR) is 44.0 cm³/mol. The van der Waals surface area contributed by atoms with E-state index in [-0.39, 0.29) is 0 Å². The minimum atomic E-state index is -0.743. The van der Waals surface area contributed by atoms with Gasteiger partial charge in [-0.15, -0.1) is 0 Å². The van der Waals surface area contributed by atoms with Gasteiger partial charge in [0.25, 0.3) is 0 Å². The number of ether oxygens (including phenoxy) is 3. The van der Waals surface area contributed by atoms with Crippen molar-refractivity contribution in [3.05, 3.63) is 0 Å². The Bertz CT molecular complexity index is 169. The molecule has 0 aliphatic carbocycles. The second-order valence-corrected chi connectivity index (χ2v) is 2.50. The summed E-state index contributed by atoms with van der Waals surface area (Å²) in [5.41, 5.74) is 0. The molecule has 0 aromatic heterocycles. The molecule has 0 rings (SSSR count). The van der Waals surface area contributed by atoms with E-state index in [9.17, 15) is 9.59 Å². The van der Waals surface area contributed by atoms with Crippen LogP contribution >= 0.6 is 0 Å². The molecule has 2 atom stereocenters. The minimum absolute atomic E-state index is 0.712. The van der Waals surface area contributed by atoms with Crippen LogP contribution in [0.1, 0.15) is 13.8 Å². The zero-order chi connectivity index (χ0) is 10.4. The molecule has 76 valence electrons. The molecule has 13 heavy (non-hydrogen) atoms. The second-order valence-electron chi connectivity index (χ2n) is 2.50. The normalized spacial score (nSPS) is 14.8. The van der Waals surface area contributed by atoms with E-state index >= 15 is 0 Å². The van der Waals surface area contributed by atoms with E-state index in [4.69, 9.17) is 0 Å². The number of hydrogen-bond acceptors (Lipinski definition) is 5. The van der Waals surface area contributed by atoms with Crippen LogP contribution in [0.15, 0.2) is 0 Å². The number of hydrogen-bond donors (Lipinski definition) is 0. The topological polar surface area (TPSA) is 61.8 Å². The highest BCUT2D eigenvalue weighted by Gasteiger charge is 2.21. The highest BCUT2D eigenvalue weighted by atomic mass is 16.6. The summed E-state index contributed by atoms with van der Waals surface area (Å²) in [6.07, 6.45) is -1.49. The van der Waals surface area contributed by atoms with E-state index in [1.165, 1.54) is 28.1 Å². The number of carbonyl (C=O) groups excluding carboxylic acids is 2. The smallest absolute Gasteiger partial charge is 0.342 e. The molecular formula is C8H14O5. The lowest BCUT2D eigenvalue weighted by molar-refractivity contribution is -0.172. The largest absolute Gasteiger partial charge is 0.389 e. The Kier molecular flexibility index (Phi) is 5.25. The van der Waals surface area contributed by atoms with E-state index < -0.39 is 24.1 Å². The van der Waals surface area contributed by atoms with Crippen LogP contribution in [0.2, 0.25) is 0 Å². The van der Waals surface area contributed by atoms with Crippen molar-refractivity contribution in [2.24, 2.45) is 0 Å². The van der Waals surface area contributed by atoms with Crippen LogP contribution in [0.4, 0.5) is 0 Å². The van der Waals surface area contributed by atoms with Crippen LogP contribution in [-0.4, -0.2) is 38.4 Å². The molecule has 0 aliphatic heterocycles. The molecule has 0 aromatic rings. The fourth-order valence-electron chi connectivity index (χ4n) is 0.458. The van der Waals surface area contributed by atoms with E-state index in [0.29, 0.717) is 0 Å². The van der Waals surface area contributed by atoms with Gasteiger partial charge in [0, 0.05) is 14.2 Å². The number of methoxy groups -OCH3 is 2. The first-order chi connectivity index (χ1) is 6.02. The molecule has 0 N–H and O–H groups in total. The third-order valence-corrected chi connectivity index (χ3v) is 1.57. The van der Waals surface area contributed by atoms with Gasteiger partial charge >= 0.3 is 11.9 Å². The maximum Gasteiger partial charge on any atom is 0.342 e. The average molecular weight is 190 g/mol. The second kappa shape index (κ2) is 5.66. The van der Waals surface area contributed by atoms with Gasteiger partial charge in [0.1, 0.15) is 0 Å². The standard InChI is InChI=1S/C8H14O5/c1-5(11-3)7(9)13-8(10)6(2)12-4/h5-6H,1-4H3/t5-,6-/m1/s1.